The van der Waals surface area contributed by atoms with Crippen LogP contribution in [-0.4, -0.2) is 4.45 Å². The van der Waals surface area contributed by atoms with Gasteiger partial charge >= 0.3 is 51.4 Å². The molecule has 4 heteroatoms. The molecule has 0 unspecified atom stereocenters. The van der Waals surface area contributed by atoms with Gasteiger partial charge in [0, 0.05) is 5.75 Å². The summed E-state index contributed by atoms with van der Waals surface area (Å²) in [7, 11) is 0. The normalized spacial score (nSPS) is 8.75. The van der Waals surface area contributed by atoms with Crippen molar-refractivity contribution in [1.82, 2.24) is 0 Å². The van der Waals surface area contributed by atoms with E-state index in [0.29, 0.717) is 5.75 Å². The zero-order valence-electron chi connectivity index (χ0n) is 7.86. The minimum Gasteiger partial charge on any atom is -1.00 e. The Labute approximate surface area is 126 Å². The zero-order chi connectivity index (χ0) is 8.10. The number of benzene rings is 1. The van der Waals surface area contributed by atoms with Crippen LogP contribution < -0.4 is 51.4 Å². The first-order valence-electron chi connectivity index (χ1n) is 3.18. The largest absolute Gasteiger partial charge is 1.00 e. The van der Waals surface area contributed by atoms with Crippen molar-refractivity contribution >= 4 is 28.8 Å². The Kier molecular flexibility index (Phi) is 8.39. The smallest absolute Gasteiger partial charge is 1.00 e. The summed E-state index contributed by atoms with van der Waals surface area (Å²) in [4.78, 5) is 10.4. The molecule has 0 aliphatic carbocycles. The second-order valence-corrected chi connectivity index (χ2v) is 3.70. The van der Waals surface area contributed by atoms with Gasteiger partial charge in [-0.15, -0.1) is 0 Å². The molecule has 0 aromatic heterocycles. The third kappa shape index (κ3) is 5.80. The Hall–Kier alpha value is 1.23. The van der Waals surface area contributed by atoms with E-state index < -0.39 is 0 Å². The second-order valence-electron chi connectivity index (χ2n) is 2.04. The van der Waals surface area contributed by atoms with Crippen LogP contribution in [0.15, 0.2) is 30.3 Å². The molecule has 1 aromatic rings. The molecule has 0 N–H and O–H groups in total. The number of rotatable bonds is 2. The average molecular weight is 224 g/mol. The maximum absolute atomic E-state index is 10.4. The van der Waals surface area contributed by atoms with Crippen LogP contribution in [0, 0.1) is 0 Å². The van der Waals surface area contributed by atoms with E-state index in [1.807, 2.05) is 30.3 Å². The van der Waals surface area contributed by atoms with Crippen molar-refractivity contribution in [3.05, 3.63) is 35.9 Å². The first-order chi connectivity index (χ1) is 5.29. The van der Waals surface area contributed by atoms with Crippen molar-refractivity contribution in [1.29, 1.82) is 0 Å². The monoisotopic (exact) mass is 224 g/mol. The quantitative estimate of drug-likeness (QED) is 0.566. The molecule has 0 radical (unpaired) electrons. The molecule has 60 valence electrons. The SMILES string of the molecule is O=C(S)SCc1ccccc1.[H-].[K+]. The minimum atomic E-state index is -0.131. The molecular weight excluding hydrogens is 215 g/mol. The first kappa shape index (κ1) is 13.2. The van der Waals surface area contributed by atoms with Gasteiger partial charge in [-0.3, -0.25) is 4.79 Å². The third-order valence-corrected chi connectivity index (χ3v) is 2.32. The number of thiol groups is 1. The van der Waals surface area contributed by atoms with Gasteiger partial charge < -0.3 is 1.43 Å². The van der Waals surface area contributed by atoms with E-state index in [4.69, 9.17) is 0 Å². The summed E-state index contributed by atoms with van der Waals surface area (Å²) in [5, 5.41) is 0. The van der Waals surface area contributed by atoms with E-state index in [-0.39, 0.29) is 57.3 Å². The first-order valence-corrected chi connectivity index (χ1v) is 4.62. The molecule has 1 rings (SSSR count). The van der Waals surface area contributed by atoms with Gasteiger partial charge in [-0.1, -0.05) is 54.7 Å². The Morgan fingerprint density at radius 1 is 1.42 bits per heavy atom. The summed E-state index contributed by atoms with van der Waals surface area (Å²) >= 11 is 4.86. The van der Waals surface area contributed by atoms with Crippen LogP contribution in [0.2, 0.25) is 0 Å². The molecule has 0 atom stereocenters. The predicted molar refractivity (Wildman–Crippen MR) is 53.2 cm³/mol. The molecule has 0 saturated carbocycles. The van der Waals surface area contributed by atoms with Crippen LogP contribution in [0.5, 0.6) is 0 Å². The van der Waals surface area contributed by atoms with Gasteiger partial charge in [0.05, 0.1) is 0 Å². The van der Waals surface area contributed by atoms with Crippen LogP contribution in [0.3, 0.4) is 0 Å². The molecular formula is C8H9KOS2. The summed E-state index contributed by atoms with van der Waals surface area (Å²) < 4.78 is -0.131. The van der Waals surface area contributed by atoms with Gasteiger partial charge in [0.2, 0.25) is 4.45 Å². The summed E-state index contributed by atoms with van der Waals surface area (Å²) in [5.41, 5.74) is 1.15. The van der Waals surface area contributed by atoms with Gasteiger partial charge in [0.25, 0.3) is 0 Å². The van der Waals surface area contributed by atoms with Crippen molar-refractivity contribution in [2.75, 3.05) is 0 Å². The minimum absolute atomic E-state index is 0. The van der Waals surface area contributed by atoms with Crippen molar-refractivity contribution in [3.63, 3.8) is 0 Å². The van der Waals surface area contributed by atoms with Gasteiger partial charge in [0.1, 0.15) is 0 Å². The molecule has 1 aromatic carbocycles. The third-order valence-electron chi connectivity index (χ3n) is 1.21. The Morgan fingerprint density at radius 2 is 2.00 bits per heavy atom. The van der Waals surface area contributed by atoms with E-state index in [9.17, 15) is 4.79 Å². The summed E-state index contributed by atoms with van der Waals surface area (Å²) in [6.07, 6.45) is 0. The predicted octanol–water partition coefficient (Wildman–Crippen LogP) is 0.0861. The van der Waals surface area contributed by atoms with E-state index in [0.717, 1.165) is 5.56 Å². The van der Waals surface area contributed by atoms with Gasteiger partial charge in [-0.2, -0.15) is 0 Å². The second kappa shape index (κ2) is 7.61. The van der Waals surface area contributed by atoms with Crippen molar-refractivity contribution in [3.8, 4) is 0 Å². The fourth-order valence-corrected chi connectivity index (χ4v) is 1.40. The van der Waals surface area contributed by atoms with Gasteiger partial charge in [-0.05, 0) is 5.56 Å². The van der Waals surface area contributed by atoms with Gasteiger partial charge in [-0.25, -0.2) is 0 Å². The Balaban J connectivity index is 0. The van der Waals surface area contributed by atoms with Crippen LogP contribution >= 0.6 is 24.4 Å². The van der Waals surface area contributed by atoms with Crippen molar-refractivity contribution in [2.45, 2.75) is 5.75 Å². The molecule has 0 amide bonds. The standard InChI is InChI=1S/C8H8OS2.K.H/c9-8(10)11-6-7-4-2-1-3-5-7;;/h1-5H,6H2,(H,9,10);;/q;+1;-1. The van der Waals surface area contributed by atoms with E-state index in [2.05, 4.69) is 12.6 Å². The molecule has 0 saturated heterocycles. The number of hydrogen-bond donors (Lipinski definition) is 1. The molecule has 0 bridgehead atoms. The molecule has 0 spiro atoms. The summed E-state index contributed by atoms with van der Waals surface area (Å²) in [6.45, 7) is 0. The fraction of sp³-hybridized carbons (Fsp3) is 0.125. The average Bonchev–Trinajstić information content (AvgIpc) is 2.03. The fourth-order valence-electron chi connectivity index (χ4n) is 0.719. The topological polar surface area (TPSA) is 17.1 Å². The maximum atomic E-state index is 10.4. The maximum Gasteiger partial charge on any atom is 1.00 e. The van der Waals surface area contributed by atoms with Crippen LogP contribution in [0.4, 0.5) is 4.79 Å². The van der Waals surface area contributed by atoms with E-state index >= 15 is 0 Å². The summed E-state index contributed by atoms with van der Waals surface area (Å²) in [6, 6.07) is 9.85. The van der Waals surface area contributed by atoms with Crippen molar-refractivity contribution < 1.29 is 57.6 Å². The number of carbonyl (C=O) groups is 1. The Bertz CT molecular complexity index is 243. The molecule has 0 aliphatic heterocycles. The molecule has 1 nitrogen and oxygen atoms in total. The molecule has 12 heavy (non-hydrogen) atoms. The van der Waals surface area contributed by atoms with E-state index in [1.54, 1.807) is 0 Å². The van der Waals surface area contributed by atoms with E-state index in [1.165, 1.54) is 11.8 Å². The van der Waals surface area contributed by atoms with Crippen molar-refractivity contribution in [2.24, 2.45) is 0 Å². The van der Waals surface area contributed by atoms with Crippen LogP contribution in [0.25, 0.3) is 0 Å². The van der Waals surface area contributed by atoms with Gasteiger partial charge in [0.15, 0.2) is 0 Å². The number of hydrogen-bond acceptors (Lipinski definition) is 2. The van der Waals surface area contributed by atoms with Crippen LogP contribution in [-0.2, 0) is 5.75 Å². The molecule has 0 fully saturated rings. The molecule has 0 aliphatic rings. The Morgan fingerprint density at radius 3 is 2.50 bits per heavy atom. The number of thioether (sulfide) groups is 1. The summed E-state index contributed by atoms with van der Waals surface area (Å²) in [5.74, 6) is 0.711. The zero-order valence-corrected chi connectivity index (χ0v) is 11.7. The number of carbonyl (C=O) groups excluding carboxylic acids is 1. The van der Waals surface area contributed by atoms with Crippen LogP contribution in [0.1, 0.15) is 6.99 Å². The molecule has 0 heterocycles.